The fraction of sp³-hybridized carbons (Fsp3) is 0.125. The highest BCUT2D eigenvalue weighted by Gasteiger charge is 2.39. The van der Waals surface area contributed by atoms with Crippen LogP contribution in [0.3, 0.4) is 0 Å². The van der Waals surface area contributed by atoms with Crippen LogP contribution in [-0.2, 0) is 9.59 Å². The molecule has 23 heavy (non-hydrogen) atoms. The molecule has 0 saturated carbocycles. The van der Waals surface area contributed by atoms with E-state index in [1.807, 2.05) is 0 Å². The van der Waals surface area contributed by atoms with E-state index in [0.717, 1.165) is 4.90 Å². The molecule has 1 heterocycles. The maximum Gasteiger partial charge on any atom is 0.256 e. The summed E-state index contributed by atoms with van der Waals surface area (Å²) in [7, 11) is 0. The van der Waals surface area contributed by atoms with Crippen molar-refractivity contribution < 1.29 is 9.59 Å². The van der Waals surface area contributed by atoms with E-state index in [1.165, 1.54) is 0 Å². The van der Waals surface area contributed by atoms with Crippen LogP contribution in [0.4, 0.5) is 11.4 Å². The number of amides is 2. The van der Waals surface area contributed by atoms with Crippen LogP contribution >= 0.6 is 34.8 Å². The van der Waals surface area contributed by atoms with Gasteiger partial charge in [-0.15, -0.1) is 0 Å². The molecule has 4 nitrogen and oxygen atoms in total. The molecule has 0 aliphatic carbocycles. The summed E-state index contributed by atoms with van der Waals surface area (Å²) < 4.78 is 0. The number of anilines is 2. The molecule has 0 radical (unpaired) electrons. The van der Waals surface area contributed by atoms with Gasteiger partial charge < -0.3 is 5.32 Å². The highest BCUT2D eigenvalue weighted by atomic mass is 35.5. The number of benzene rings is 2. The molecule has 118 valence electrons. The molecule has 2 amide bonds. The Morgan fingerprint density at radius 3 is 2.48 bits per heavy atom. The third-order valence-corrected chi connectivity index (χ3v) is 4.45. The molecule has 1 fully saturated rings. The number of carbonyl (C=O) groups excluding carboxylic acids is 2. The van der Waals surface area contributed by atoms with Crippen LogP contribution in [0.1, 0.15) is 6.42 Å². The first-order valence-electron chi connectivity index (χ1n) is 6.79. The lowest BCUT2D eigenvalue weighted by atomic mass is 10.2. The maximum absolute atomic E-state index is 12.5. The van der Waals surface area contributed by atoms with Gasteiger partial charge in [0, 0.05) is 10.7 Å². The number of rotatable bonds is 3. The molecule has 2 aromatic carbocycles. The van der Waals surface area contributed by atoms with Crippen LogP contribution < -0.4 is 10.2 Å². The van der Waals surface area contributed by atoms with Crippen molar-refractivity contribution in [1.82, 2.24) is 0 Å². The maximum atomic E-state index is 12.5. The topological polar surface area (TPSA) is 49.4 Å². The molecule has 1 unspecified atom stereocenters. The Bertz CT molecular complexity index is 795. The van der Waals surface area contributed by atoms with E-state index in [0.29, 0.717) is 26.4 Å². The van der Waals surface area contributed by atoms with Crippen LogP contribution in [-0.4, -0.2) is 17.9 Å². The van der Waals surface area contributed by atoms with Crippen molar-refractivity contribution in [3.05, 3.63) is 57.5 Å². The Hall–Kier alpha value is -1.75. The van der Waals surface area contributed by atoms with Crippen molar-refractivity contribution in [3.8, 4) is 0 Å². The van der Waals surface area contributed by atoms with Crippen molar-refractivity contribution in [1.29, 1.82) is 0 Å². The van der Waals surface area contributed by atoms with E-state index >= 15 is 0 Å². The predicted molar refractivity (Wildman–Crippen MR) is 92.4 cm³/mol. The summed E-state index contributed by atoms with van der Waals surface area (Å²) in [6.45, 7) is 0. The van der Waals surface area contributed by atoms with Gasteiger partial charge in [0.25, 0.3) is 5.91 Å². The third kappa shape index (κ3) is 3.29. The van der Waals surface area contributed by atoms with Crippen LogP contribution in [0, 0.1) is 0 Å². The highest BCUT2D eigenvalue weighted by Crippen LogP contribution is 2.29. The summed E-state index contributed by atoms with van der Waals surface area (Å²) in [5.41, 5.74) is 1.09. The molecule has 0 aromatic heterocycles. The minimum absolute atomic E-state index is 0.0611. The van der Waals surface area contributed by atoms with Gasteiger partial charge in [0.1, 0.15) is 6.04 Å². The molecule has 3 rings (SSSR count). The van der Waals surface area contributed by atoms with Crippen LogP contribution in [0.2, 0.25) is 15.1 Å². The van der Waals surface area contributed by atoms with E-state index in [-0.39, 0.29) is 18.2 Å². The zero-order valence-corrected chi connectivity index (χ0v) is 14.0. The first kappa shape index (κ1) is 16.1. The van der Waals surface area contributed by atoms with Crippen LogP contribution in [0.15, 0.2) is 42.5 Å². The molecule has 1 N–H and O–H groups in total. The van der Waals surface area contributed by atoms with Gasteiger partial charge in [0.2, 0.25) is 5.91 Å². The monoisotopic (exact) mass is 368 g/mol. The van der Waals surface area contributed by atoms with Crippen LogP contribution in [0.5, 0.6) is 0 Å². The lowest BCUT2D eigenvalue weighted by Crippen LogP contribution is -2.34. The SMILES string of the molecule is O=C1CC(Nc2ccc(Cl)c(Cl)c2)C(=O)N1c1cccc(Cl)c1. The van der Waals surface area contributed by atoms with Gasteiger partial charge in [-0.05, 0) is 36.4 Å². The summed E-state index contributed by atoms with van der Waals surface area (Å²) in [6.07, 6.45) is 0.0611. The molecule has 1 saturated heterocycles. The van der Waals surface area contributed by atoms with E-state index in [9.17, 15) is 9.59 Å². The van der Waals surface area contributed by atoms with Crippen molar-refractivity contribution in [2.75, 3.05) is 10.2 Å². The Morgan fingerprint density at radius 1 is 1.00 bits per heavy atom. The van der Waals surface area contributed by atoms with Gasteiger partial charge in [0.15, 0.2) is 0 Å². The van der Waals surface area contributed by atoms with Gasteiger partial charge in [0.05, 0.1) is 22.2 Å². The number of carbonyl (C=O) groups is 2. The van der Waals surface area contributed by atoms with E-state index in [2.05, 4.69) is 5.32 Å². The third-order valence-electron chi connectivity index (χ3n) is 3.47. The van der Waals surface area contributed by atoms with Gasteiger partial charge in [-0.2, -0.15) is 0 Å². The van der Waals surface area contributed by atoms with Crippen LogP contribution in [0.25, 0.3) is 0 Å². The van der Waals surface area contributed by atoms with E-state index in [1.54, 1.807) is 42.5 Å². The first-order chi connectivity index (χ1) is 11.0. The average Bonchev–Trinajstić information content (AvgIpc) is 2.77. The quantitative estimate of drug-likeness (QED) is 0.816. The number of hydrogen-bond donors (Lipinski definition) is 1. The lowest BCUT2D eigenvalue weighted by Gasteiger charge is -2.16. The van der Waals surface area contributed by atoms with Crippen molar-refractivity contribution in [2.45, 2.75) is 12.5 Å². The zero-order valence-electron chi connectivity index (χ0n) is 11.7. The molecule has 2 aromatic rings. The second kappa shape index (κ2) is 6.40. The smallest absolute Gasteiger partial charge is 0.256 e. The summed E-state index contributed by atoms with van der Waals surface area (Å²) in [5.74, 6) is -0.613. The second-order valence-corrected chi connectivity index (χ2v) is 6.33. The molecule has 0 bridgehead atoms. The average molecular weight is 370 g/mol. The lowest BCUT2D eigenvalue weighted by molar-refractivity contribution is -0.121. The summed E-state index contributed by atoms with van der Waals surface area (Å²) in [4.78, 5) is 25.9. The predicted octanol–water partition coefficient (Wildman–Crippen LogP) is 4.39. The van der Waals surface area contributed by atoms with Gasteiger partial charge >= 0.3 is 0 Å². The summed E-state index contributed by atoms with van der Waals surface area (Å²) in [5, 5.41) is 4.28. The van der Waals surface area contributed by atoms with E-state index < -0.39 is 6.04 Å². The Balaban J connectivity index is 1.82. The van der Waals surface area contributed by atoms with Crippen molar-refractivity contribution >= 4 is 58.0 Å². The molecule has 1 atom stereocenters. The largest absolute Gasteiger partial charge is 0.373 e. The Labute approximate surface area is 147 Å². The summed E-state index contributed by atoms with van der Waals surface area (Å²) in [6, 6.07) is 10.9. The fourth-order valence-electron chi connectivity index (χ4n) is 2.42. The standard InChI is InChI=1S/C16H11Cl3N2O2/c17-9-2-1-3-11(6-9)21-15(22)8-14(16(21)23)20-10-4-5-12(18)13(19)7-10/h1-7,14,20H,8H2. The number of imide groups is 1. The molecule has 1 aliphatic rings. The Kier molecular flexibility index (Phi) is 4.48. The Morgan fingerprint density at radius 2 is 1.78 bits per heavy atom. The molecule has 1 aliphatic heterocycles. The first-order valence-corrected chi connectivity index (χ1v) is 7.93. The normalized spacial score (nSPS) is 17.7. The zero-order chi connectivity index (χ0) is 16.6. The molecular formula is C16H11Cl3N2O2. The number of nitrogens with one attached hydrogen (secondary N) is 1. The van der Waals surface area contributed by atoms with Gasteiger partial charge in [-0.3, -0.25) is 9.59 Å². The van der Waals surface area contributed by atoms with Gasteiger partial charge in [-0.1, -0.05) is 40.9 Å². The molecule has 0 spiro atoms. The van der Waals surface area contributed by atoms with Gasteiger partial charge in [-0.25, -0.2) is 4.90 Å². The molecule has 7 heteroatoms. The fourth-order valence-corrected chi connectivity index (χ4v) is 2.90. The molecular weight excluding hydrogens is 359 g/mol. The number of halogens is 3. The van der Waals surface area contributed by atoms with Crippen molar-refractivity contribution in [3.63, 3.8) is 0 Å². The highest BCUT2D eigenvalue weighted by molar-refractivity contribution is 6.42. The number of nitrogens with zero attached hydrogens (tertiary/aromatic N) is 1. The summed E-state index contributed by atoms with van der Waals surface area (Å²) >= 11 is 17.7. The van der Waals surface area contributed by atoms with Crippen molar-refractivity contribution in [2.24, 2.45) is 0 Å². The minimum atomic E-state index is -0.654. The van der Waals surface area contributed by atoms with E-state index in [4.69, 9.17) is 34.8 Å². The second-order valence-electron chi connectivity index (χ2n) is 5.08. The minimum Gasteiger partial charge on any atom is -0.373 e. The number of hydrogen-bond acceptors (Lipinski definition) is 3.